The minimum absolute atomic E-state index is 0.0923. The summed E-state index contributed by atoms with van der Waals surface area (Å²) in [5.74, 6) is -6.43. The van der Waals surface area contributed by atoms with E-state index in [-0.39, 0.29) is 27.7 Å². The fourth-order valence-corrected chi connectivity index (χ4v) is 3.96. The SMILES string of the molecule is O=C(CN1C(=O)S/C(=C/c2ccc(-c3ccccc3[N+](=O)[O-])o2)C1=O)Nc1ccc(F)c(F)c1F. The molecule has 9 nitrogen and oxygen atoms in total. The number of nitrogens with zero attached hydrogens (tertiary/aromatic N) is 2. The van der Waals surface area contributed by atoms with Gasteiger partial charge in [-0.2, -0.15) is 0 Å². The summed E-state index contributed by atoms with van der Waals surface area (Å²) < 4.78 is 45.7. The van der Waals surface area contributed by atoms with Gasteiger partial charge in [0.2, 0.25) is 5.91 Å². The average molecular weight is 503 g/mol. The molecule has 1 aromatic heterocycles. The first-order chi connectivity index (χ1) is 16.7. The number of para-hydroxylation sites is 1. The zero-order valence-electron chi connectivity index (χ0n) is 17.3. The van der Waals surface area contributed by atoms with Gasteiger partial charge < -0.3 is 9.73 Å². The van der Waals surface area contributed by atoms with Crippen LogP contribution in [0.2, 0.25) is 0 Å². The Hall–Kier alpha value is -4.39. The number of hydrogen-bond donors (Lipinski definition) is 1. The Kier molecular flexibility index (Phi) is 6.42. The molecule has 1 N–H and O–H groups in total. The van der Waals surface area contributed by atoms with Gasteiger partial charge in [0.15, 0.2) is 17.5 Å². The second-order valence-electron chi connectivity index (χ2n) is 7.02. The van der Waals surface area contributed by atoms with E-state index in [1.165, 1.54) is 36.4 Å². The van der Waals surface area contributed by atoms with E-state index in [1.807, 2.05) is 5.32 Å². The first-order valence-electron chi connectivity index (χ1n) is 9.68. The summed E-state index contributed by atoms with van der Waals surface area (Å²) in [7, 11) is 0. The lowest BCUT2D eigenvalue weighted by atomic mass is 10.1. The number of hydrogen-bond acceptors (Lipinski definition) is 7. The molecular formula is C22H12F3N3O6S. The van der Waals surface area contributed by atoms with E-state index in [0.29, 0.717) is 22.7 Å². The van der Waals surface area contributed by atoms with Crippen molar-refractivity contribution in [3.05, 3.63) is 86.8 Å². The van der Waals surface area contributed by atoms with Gasteiger partial charge in [-0.15, -0.1) is 0 Å². The molecule has 0 spiro atoms. The summed E-state index contributed by atoms with van der Waals surface area (Å²) in [5, 5.41) is 12.4. The highest BCUT2D eigenvalue weighted by atomic mass is 32.2. The van der Waals surface area contributed by atoms with Crippen LogP contribution in [0.25, 0.3) is 17.4 Å². The minimum Gasteiger partial charge on any atom is -0.456 e. The molecule has 13 heteroatoms. The Morgan fingerprint density at radius 1 is 1.09 bits per heavy atom. The molecular weight excluding hydrogens is 491 g/mol. The number of amides is 3. The number of carbonyl (C=O) groups is 3. The lowest BCUT2D eigenvalue weighted by molar-refractivity contribution is -0.384. The largest absolute Gasteiger partial charge is 0.456 e. The Morgan fingerprint density at radius 3 is 2.57 bits per heavy atom. The van der Waals surface area contributed by atoms with Crippen molar-refractivity contribution in [2.24, 2.45) is 0 Å². The van der Waals surface area contributed by atoms with Crippen LogP contribution in [-0.2, 0) is 9.59 Å². The van der Waals surface area contributed by atoms with Crippen molar-refractivity contribution < 1.29 is 36.9 Å². The first-order valence-corrected chi connectivity index (χ1v) is 10.5. The van der Waals surface area contributed by atoms with Gasteiger partial charge in [0.05, 0.1) is 21.1 Å². The van der Waals surface area contributed by atoms with Crippen molar-refractivity contribution in [2.75, 3.05) is 11.9 Å². The highest BCUT2D eigenvalue weighted by molar-refractivity contribution is 8.18. The van der Waals surface area contributed by atoms with Crippen LogP contribution in [0.4, 0.5) is 29.3 Å². The van der Waals surface area contributed by atoms with Gasteiger partial charge in [-0.1, -0.05) is 12.1 Å². The summed E-state index contributed by atoms with van der Waals surface area (Å²) in [5.41, 5.74) is -0.627. The van der Waals surface area contributed by atoms with Gasteiger partial charge in [0, 0.05) is 12.1 Å². The molecule has 3 amide bonds. The van der Waals surface area contributed by atoms with Crippen molar-refractivity contribution in [1.82, 2.24) is 4.90 Å². The number of rotatable bonds is 6. The van der Waals surface area contributed by atoms with Crippen molar-refractivity contribution in [1.29, 1.82) is 0 Å². The van der Waals surface area contributed by atoms with Crippen molar-refractivity contribution in [2.45, 2.75) is 0 Å². The van der Waals surface area contributed by atoms with Gasteiger partial charge in [0.25, 0.3) is 16.8 Å². The van der Waals surface area contributed by atoms with Gasteiger partial charge >= 0.3 is 0 Å². The second kappa shape index (κ2) is 9.46. The number of nitro benzene ring substituents is 1. The predicted molar refractivity (Wildman–Crippen MR) is 118 cm³/mol. The van der Waals surface area contributed by atoms with Crippen LogP contribution in [-0.4, -0.2) is 33.4 Å². The monoisotopic (exact) mass is 503 g/mol. The van der Waals surface area contributed by atoms with Gasteiger partial charge in [0.1, 0.15) is 18.1 Å². The molecule has 2 heterocycles. The maximum atomic E-state index is 13.7. The van der Waals surface area contributed by atoms with Crippen molar-refractivity contribution in [3.63, 3.8) is 0 Å². The normalized spacial score (nSPS) is 14.6. The third kappa shape index (κ3) is 4.80. The van der Waals surface area contributed by atoms with E-state index < -0.39 is 51.7 Å². The first kappa shape index (κ1) is 23.8. The zero-order valence-corrected chi connectivity index (χ0v) is 18.1. The van der Waals surface area contributed by atoms with Crippen LogP contribution < -0.4 is 5.32 Å². The summed E-state index contributed by atoms with van der Waals surface area (Å²) in [6, 6.07) is 10.2. The number of nitrogens with one attached hydrogen (secondary N) is 1. The molecule has 0 aliphatic carbocycles. The lowest BCUT2D eigenvalue weighted by Crippen LogP contribution is -2.36. The van der Waals surface area contributed by atoms with Crippen molar-refractivity contribution >= 4 is 46.3 Å². The third-order valence-electron chi connectivity index (χ3n) is 4.75. The standard InChI is InChI=1S/C22H12F3N3O6S/c23-13-6-7-14(20(25)19(13)24)26-18(29)10-27-21(30)17(35-22(27)31)9-11-5-8-16(34-11)12-3-1-2-4-15(12)28(32)33/h1-9H,10H2,(H,26,29)/b17-9+. The fraction of sp³-hybridized carbons (Fsp3) is 0.0455. The number of nitro groups is 1. The number of imide groups is 1. The fourth-order valence-electron chi connectivity index (χ4n) is 3.14. The second-order valence-corrected chi connectivity index (χ2v) is 8.01. The molecule has 0 atom stereocenters. The number of halogens is 3. The summed E-state index contributed by atoms with van der Waals surface area (Å²) >= 11 is 0.512. The van der Waals surface area contributed by atoms with Crippen LogP contribution in [0.5, 0.6) is 0 Å². The smallest absolute Gasteiger partial charge is 0.294 e. The summed E-state index contributed by atoms with van der Waals surface area (Å²) in [6.45, 7) is -0.805. The van der Waals surface area contributed by atoms with Crippen LogP contribution in [0.3, 0.4) is 0 Å². The molecule has 35 heavy (non-hydrogen) atoms. The van der Waals surface area contributed by atoms with E-state index >= 15 is 0 Å². The molecule has 1 saturated heterocycles. The topological polar surface area (TPSA) is 123 Å². The quantitative estimate of drug-likeness (QED) is 0.219. The number of anilines is 1. The van der Waals surface area contributed by atoms with E-state index in [1.54, 1.807) is 6.07 Å². The van der Waals surface area contributed by atoms with E-state index in [2.05, 4.69) is 0 Å². The van der Waals surface area contributed by atoms with E-state index in [9.17, 15) is 37.7 Å². The van der Waals surface area contributed by atoms with Gasteiger partial charge in [-0.05, 0) is 42.1 Å². The molecule has 2 aromatic carbocycles. The number of carbonyl (C=O) groups excluding carboxylic acids is 3. The molecule has 1 aliphatic heterocycles. The van der Waals surface area contributed by atoms with Crippen LogP contribution >= 0.6 is 11.8 Å². The van der Waals surface area contributed by atoms with Gasteiger partial charge in [-0.25, -0.2) is 13.2 Å². The molecule has 0 unspecified atom stereocenters. The molecule has 0 bridgehead atoms. The Labute approximate surface area is 198 Å². The number of furan rings is 1. The number of benzene rings is 2. The van der Waals surface area contributed by atoms with Crippen LogP contribution in [0.15, 0.2) is 57.9 Å². The molecule has 0 radical (unpaired) electrons. The number of thioether (sulfide) groups is 1. The van der Waals surface area contributed by atoms with Crippen LogP contribution in [0.1, 0.15) is 5.76 Å². The Morgan fingerprint density at radius 2 is 1.83 bits per heavy atom. The molecule has 0 saturated carbocycles. The van der Waals surface area contributed by atoms with Crippen molar-refractivity contribution in [3.8, 4) is 11.3 Å². The zero-order chi connectivity index (χ0) is 25.3. The Balaban J connectivity index is 1.49. The summed E-state index contributed by atoms with van der Waals surface area (Å²) in [4.78, 5) is 48.2. The molecule has 1 fully saturated rings. The molecule has 4 rings (SSSR count). The summed E-state index contributed by atoms with van der Waals surface area (Å²) in [6.07, 6.45) is 1.23. The highest BCUT2D eigenvalue weighted by Gasteiger charge is 2.36. The molecule has 3 aromatic rings. The van der Waals surface area contributed by atoms with E-state index in [0.717, 1.165) is 6.07 Å². The highest BCUT2D eigenvalue weighted by Crippen LogP contribution is 2.35. The minimum atomic E-state index is -1.78. The maximum Gasteiger partial charge on any atom is 0.294 e. The molecule has 178 valence electrons. The van der Waals surface area contributed by atoms with E-state index in [4.69, 9.17) is 4.42 Å². The third-order valence-corrected chi connectivity index (χ3v) is 5.66. The van der Waals surface area contributed by atoms with Gasteiger partial charge in [-0.3, -0.25) is 29.4 Å². The van der Waals surface area contributed by atoms with Crippen LogP contribution in [0, 0.1) is 27.6 Å². The molecule has 1 aliphatic rings. The maximum absolute atomic E-state index is 13.7. The average Bonchev–Trinajstić information content (AvgIpc) is 3.39. The predicted octanol–water partition coefficient (Wildman–Crippen LogP) is 4.95. The Bertz CT molecular complexity index is 1420. The lowest BCUT2D eigenvalue weighted by Gasteiger charge is -2.13.